The van der Waals surface area contributed by atoms with Gasteiger partial charge in [0.2, 0.25) is 0 Å². The quantitative estimate of drug-likeness (QED) is 0.177. The Labute approximate surface area is 410 Å². The minimum atomic E-state index is -0.420. The first-order valence-electron chi connectivity index (χ1n) is 23.8. The molecule has 4 heterocycles. The van der Waals surface area contributed by atoms with Crippen molar-refractivity contribution in [3.63, 3.8) is 0 Å². The van der Waals surface area contributed by atoms with Crippen molar-refractivity contribution in [2.24, 2.45) is 0 Å². The van der Waals surface area contributed by atoms with Gasteiger partial charge in [-0.2, -0.15) is 0 Å². The summed E-state index contributed by atoms with van der Waals surface area (Å²) in [6, 6.07) is 79.9. The highest BCUT2D eigenvalue weighted by atomic mass is 32.1. The third-order valence-corrected chi connectivity index (χ3v) is 17.4. The van der Waals surface area contributed by atoms with E-state index in [2.05, 4.69) is 218 Å². The maximum atomic E-state index is 6.79. The summed E-state index contributed by atoms with van der Waals surface area (Å²) in [5.74, 6) is 0.700. The van der Waals surface area contributed by atoms with E-state index in [4.69, 9.17) is 14.4 Å². The molecule has 0 fully saturated rings. The number of aromatic nitrogens is 2. The van der Waals surface area contributed by atoms with Crippen LogP contribution < -0.4 is 0 Å². The zero-order valence-corrected chi connectivity index (χ0v) is 39.0. The van der Waals surface area contributed by atoms with E-state index in [1.807, 2.05) is 22.7 Å². The molecule has 0 unspecified atom stereocenters. The van der Waals surface area contributed by atoms with Crippen molar-refractivity contribution in [2.45, 2.75) is 5.41 Å². The molecule has 0 radical (unpaired) electrons. The highest BCUT2D eigenvalue weighted by Crippen LogP contribution is 2.64. The maximum Gasteiger partial charge on any atom is 0.161 e. The van der Waals surface area contributed by atoms with Crippen LogP contribution in [-0.4, -0.2) is 9.97 Å². The molecule has 0 aliphatic heterocycles. The molecule has 0 amide bonds. The van der Waals surface area contributed by atoms with Gasteiger partial charge in [-0.1, -0.05) is 170 Å². The summed E-state index contributed by atoms with van der Waals surface area (Å²) in [5.41, 5.74) is 19.0. The molecule has 4 aromatic heterocycles. The fourth-order valence-corrected chi connectivity index (χ4v) is 14.6. The Morgan fingerprint density at radius 1 is 0.329 bits per heavy atom. The van der Waals surface area contributed by atoms with E-state index in [1.165, 1.54) is 90.4 Å². The van der Waals surface area contributed by atoms with E-state index in [9.17, 15) is 0 Å². The summed E-state index contributed by atoms with van der Waals surface area (Å²) in [6.07, 6.45) is 0. The Morgan fingerprint density at radius 2 is 0.814 bits per heavy atom. The molecule has 324 valence electrons. The lowest BCUT2D eigenvalue weighted by atomic mass is 9.70. The van der Waals surface area contributed by atoms with Crippen LogP contribution in [0.1, 0.15) is 22.3 Å². The van der Waals surface area contributed by atoms with Crippen molar-refractivity contribution in [2.75, 3.05) is 0 Å². The smallest absolute Gasteiger partial charge is 0.161 e. The van der Waals surface area contributed by atoms with E-state index in [0.29, 0.717) is 5.82 Å². The van der Waals surface area contributed by atoms with Gasteiger partial charge in [0.05, 0.1) is 16.8 Å². The minimum absolute atomic E-state index is 0.420. The molecule has 0 bridgehead atoms. The van der Waals surface area contributed by atoms with Crippen molar-refractivity contribution in [1.29, 1.82) is 0 Å². The number of hydrogen-bond donors (Lipinski definition) is 0. The highest BCUT2D eigenvalue weighted by molar-refractivity contribution is 7.26. The standard InChI is InChI=1S/C65H36N2OS2/c1-6-24-48-39(15-1)40-16-2-7-25-49(40)65(48)50-26-8-3-17-41(50)60-38(20-11-27-51(60)65)37-33-34-54-47(35-37)61-42(21-12-28-55(61)68-54)52-36-53(43-22-13-31-58-62(43)44-18-4-9-29-56(44)69-58)67-64(66-52)46-23-14-32-59-63(46)45-19-5-10-30-57(45)70-59/h1-36H. The van der Waals surface area contributed by atoms with Crippen molar-refractivity contribution < 1.29 is 4.42 Å². The van der Waals surface area contributed by atoms with Gasteiger partial charge in [0.1, 0.15) is 11.2 Å². The van der Waals surface area contributed by atoms with Gasteiger partial charge in [-0.05, 0) is 104 Å². The third-order valence-electron chi connectivity index (χ3n) is 15.2. The number of furan rings is 1. The fourth-order valence-electron chi connectivity index (χ4n) is 12.4. The zero-order chi connectivity index (χ0) is 45.7. The molecule has 70 heavy (non-hydrogen) atoms. The van der Waals surface area contributed by atoms with Crippen molar-refractivity contribution in [3.8, 4) is 67.3 Å². The number of nitrogens with zero attached hydrogens (tertiary/aromatic N) is 2. The summed E-state index contributed by atoms with van der Waals surface area (Å²) in [6.45, 7) is 0. The SMILES string of the molecule is c1ccc2c(c1)-c1ccccc1C21c2ccccc2-c2c(-c3ccc4oc5cccc(-c6cc(-c7cccc8sc9ccccc9c78)nc(-c7cccc8sc9ccccc9c78)n6)c5c4c3)cccc21. The second-order valence-electron chi connectivity index (χ2n) is 18.6. The second kappa shape index (κ2) is 14.3. The topological polar surface area (TPSA) is 38.9 Å². The van der Waals surface area contributed by atoms with Crippen LogP contribution >= 0.6 is 22.7 Å². The number of rotatable bonds is 4. The van der Waals surface area contributed by atoms with Gasteiger partial charge in [-0.25, -0.2) is 9.97 Å². The van der Waals surface area contributed by atoms with Gasteiger partial charge in [-0.15, -0.1) is 22.7 Å². The van der Waals surface area contributed by atoms with Gasteiger partial charge >= 0.3 is 0 Å². The second-order valence-corrected chi connectivity index (χ2v) is 20.8. The van der Waals surface area contributed by atoms with Crippen molar-refractivity contribution in [3.05, 3.63) is 241 Å². The minimum Gasteiger partial charge on any atom is -0.456 e. The first kappa shape index (κ1) is 38.5. The summed E-state index contributed by atoms with van der Waals surface area (Å²) in [5, 5.41) is 6.96. The van der Waals surface area contributed by atoms with E-state index in [-0.39, 0.29) is 0 Å². The van der Waals surface area contributed by atoms with Gasteiger partial charge in [0.25, 0.3) is 0 Å². The maximum absolute atomic E-state index is 6.79. The summed E-state index contributed by atoms with van der Waals surface area (Å²) < 4.78 is 11.8. The average Bonchev–Trinajstić information content (AvgIpc) is 4.23. The number of benzene rings is 10. The highest BCUT2D eigenvalue weighted by Gasteiger charge is 2.52. The predicted octanol–water partition coefficient (Wildman–Crippen LogP) is 18.1. The Bertz CT molecular complexity index is 4390. The normalized spacial score (nSPS) is 13.3. The molecule has 16 rings (SSSR count). The predicted molar refractivity (Wildman–Crippen MR) is 293 cm³/mol. The largest absolute Gasteiger partial charge is 0.456 e. The molecular weight excluding hydrogens is 889 g/mol. The summed E-state index contributed by atoms with van der Waals surface area (Å²) in [4.78, 5) is 11.1. The van der Waals surface area contributed by atoms with Crippen LogP contribution in [0.4, 0.5) is 0 Å². The van der Waals surface area contributed by atoms with Crippen LogP contribution in [0, 0.1) is 0 Å². The van der Waals surface area contributed by atoms with Crippen LogP contribution in [0.3, 0.4) is 0 Å². The number of fused-ring (bicyclic) bond motifs is 19. The zero-order valence-electron chi connectivity index (χ0n) is 37.4. The molecule has 2 aliphatic rings. The van der Waals surface area contributed by atoms with Crippen LogP contribution in [0.2, 0.25) is 0 Å². The van der Waals surface area contributed by atoms with E-state index >= 15 is 0 Å². The fraction of sp³-hybridized carbons (Fsp3) is 0.0154. The molecule has 2 aliphatic carbocycles. The van der Waals surface area contributed by atoms with E-state index in [0.717, 1.165) is 55.6 Å². The average molecular weight is 925 g/mol. The molecule has 0 saturated carbocycles. The molecule has 0 N–H and O–H groups in total. The molecule has 5 heteroatoms. The van der Waals surface area contributed by atoms with Crippen LogP contribution in [0.25, 0.3) is 130 Å². The van der Waals surface area contributed by atoms with Crippen LogP contribution in [0.15, 0.2) is 223 Å². The summed E-state index contributed by atoms with van der Waals surface area (Å²) >= 11 is 3.65. The summed E-state index contributed by atoms with van der Waals surface area (Å²) in [7, 11) is 0. The van der Waals surface area contributed by atoms with Gasteiger partial charge in [-0.3, -0.25) is 0 Å². The number of hydrogen-bond acceptors (Lipinski definition) is 5. The molecule has 14 aromatic rings. The molecule has 10 aromatic carbocycles. The Hall–Kier alpha value is -8.48. The van der Waals surface area contributed by atoms with E-state index < -0.39 is 5.41 Å². The van der Waals surface area contributed by atoms with E-state index in [1.54, 1.807) is 0 Å². The van der Waals surface area contributed by atoms with Gasteiger partial charge in [0, 0.05) is 67.8 Å². The molecule has 1 spiro atoms. The lowest BCUT2D eigenvalue weighted by Crippen LogP contribution is -2.25. The van der Waals surface area contributed by atoms with Crippen molar-refractivity contribution in [1.82, 2.24) is 9.97 Å². The monoisotopic (exact) mass is 924 g/mol. The lowest BCUT2D eigenvalue weighted by Gasteiger charge is -2.30. The van der Waals surface area contributed by atoms with Crippen LogP contribution in [0.5, 0.6) is 0 Å². The Morgan fingerprint density at radius 3 is 1.50 bits per heavy atom. The number of thiophene rings is 2. The Balaban J connectivity index is 0.940. The first-order valence-corrected chi connectivity index (χ1v) is 25.4. The van der Waals surface area contributed by atoms with Gasteiger partial charge < -0.3 is 4.42 Å². The lowest BCUT2D eigenvalue weighted by molar-refractivity contribution is 0.669. The molecule has 0 saturated heterocycles. The molecule has 0 atom stereocenters. The molecular formula is C65H36N2OS2. The first-order chi connectivity index (χ1) is 34.7. The Kier molecular flexibility index (Phi) is 7.85. The molecule has 3 nitrogen and oxygen atoms in total. The third kappa shape index (κ3) is 5.12. The van der Waals surface area contributed by atoms with Crippen LogP contribution in [-0.2, 0) is 5.41 Å². The van der Waals surface area contributed by atoms with Gasteiger partial charge in [0.15, 0.2) is 5.82 Å². The van der Waals surface area contributed by atoms with Crippen molar-refractivity contribution >= 4 is 85.0 Å².